The summed E-state index contributed by atoms with van der Waals surface area (Å²) in [5.41, 5.74) is 6.67. The van der Waals surface area contributed by atoms with Crippen LogP contribution in [-0.2, 0) is 6.42 Å². The Balaban J connectivity index is 3.15. The molecule has 1 rings (SSSR count). The molecule has 0 aliphatic heterocycles. The van der Waals surface area contributed by atoms with E-state index >= 15 is 0 Å². The summed E-state index contributed by atoms with van der Waals surface area (Å²) in [5.74, 6) is 4.02. The molecule has 3 nitrogen and oxygen atoms in total. The van der Waals surface area contributed by atoms with E-state index < -0.39 is 0 Å². The Kier molecular flexibility index (Phi) is 4.95. The van der Waals surface area contributed by atoms with Gasteiger partial charge in [0.25, 0.3) is 0 Å². The minimum absolute atomic E-state index is 0.403. The number of ether oxygens (including phenoxy) is 2. The van der Waals surface area contributed by atoms with E-state index in [4.69, 9.17) is 15.2 Å². The Labute approximate surface area is 97.1 Å². The zero-order chi connectivity index (χ0) is 11.3. The van der Waals surface area contributed by atoms with Gasteiger partial charge in [0.2, 0.25) is 0 Å². The number of nitrogens with two attached hydrogens (primary N) is 1. The van der Waals surface area contributed by atoms with Gasteiger partial charge in [-0.25, -0.2) is 0 Å². The average Bonchev–Trinajstić information content (AvgIpc) is 2.28. The third kappa shape index (κ3) is 2.88. The molecule has 0 aliphatic rings. The molecule has 1 aromatic carbocycles. The monoisotopic (exact) mass is 275 g/mol. The van der Waals surface area contributed by atoms with Crippen LogP contribution in [0.1, 0.15) is 5.56 Å². The predicted octanol–water partition coefficient (Wildman–Crippen LogP) is 0.583. The van der Waals surface area contributed by atoms with Gasteiger partial charge in [0.15, 0.2) is 0 Å². The molecule has 0 radical (unpaired) electrons. The van der Waals surface area contributed by atoms with Crippen molar-refractivity contribution in [1.82, 2.24) is 0 Å². The second-order valence-electron chi connectivity index (χ2n) is 3.06. The molecule has 84 valence electrons. The molecule has 0 amide bonds. The summed E-state index contributed by atoms with van der Waals surface area (Å²) in [6, 6.07) is 4.09. The van der Waals surface area contributed by atoms with E-state index in [1.807, 2.05) is 6.07 Å². The SMILES string of the molecule is COc1cc([Se]C)c(OC)cc1CCN. The summed E-state index contributed by atoms with van der Waals surface area (Å²) in [5, 5.41) is 0. The molecule has 0 unspecified atom stereocenters. The van der Waals surface area contributed by atoms with E-state index in [-0.39, 0.29) is 0 Å². The first kappa shape index (κ1) is 12.4. The van der Waals surface area contributed by atoms with E-state index in [1.54, 1.807) is 14.2 Å². The van der Waals surface area contributed by atoms with Crippen molar-refractivity contribution in [3.63, 3.8) is 0 Å². The number of hydrogen-bond donors (Lipinski definition) is 1. The van der Waals surface area contributed by atoms with E-state index in [9.17, 15) is 0 Å². The van der Waals surface area contributed by atoms with E-state index in [2.05, 4.69) is 11.9 Å². The standard InChI is InChI=1S/C11H17NO2Se/c1-13-9-7-11(15-3)10(14-2)6-8(9)4-5-12/h6-7H,4-5,12H2,1-3H3. The Morgan fingerprint density at radius 3 is 2.33 bits per heavy atom. The Hall–Kier alpha value is -0.701. The van der Waals surface area contributed by atoms with Crippen LogP contribution in [0.25, 0.3) is 0 Å². The second-order valence-corrected chi connectivity index (χ2v) is 4.84. The second kappa shape index (κ2) is 6.01. The quantitative estimate of drug-likeness (QED) is 0.799. The van der Waals surface area contributed by atoms with Crippen molar-refractivity contribution in [1.29, 1.82) is 0 Å². The van der Waals surface area contributed by atoms with Gasteiger partial charge in [-0.3, -0.25) is 0 Å². The topological polar surface area (TPSA) is 44.5 Å². The number of hydrogen-bond acceptors (Lipinski definition) is 3. The van der Waals surface area contributed by atoms with E-state index in [1.165, 1.54) is 4.46 Å². The van der Waals surface area contributed by atoms with Crippen molar-refractivity contribution >= 4 is 19.4 Å². The van der Waals surface area contributed by atoms with Crippen LogP contribution in [0.3, 0.4) is 0 Å². The molecule has 4 heteroatoms. The summed E-state index contributed by atoms with van der Waals surface area (Å²) in [6.45, 7) is 0.621. The fourth-order valence-corrected chi connectivity index (χ4v) is 2.64. The average molecular weight is 274 g/mol. The van der Waals surface area contributed by atoms with Crippen molar-refractivity contribution in [2.24, 2.45) is 5.73 Å². The summed E-state index contributed by atoms with van der Waals surface area (Å²) in [6.07, 6.45) is 0.816. The number of benzene rings is 1. The van der Waals surface area contributed by atoms with Gasteiger partial charge in [-0.15, -0.1) is 0 Å². The zero-order valence-corrected chi connectivity index (χ0v) is 11.1. The van der Waals surface area contributed by atoms with Gasteiger partial charge in [-0.1, -0.05) is 0 Å². The van der Waals surface area contributed by atoms with Crippen LogP contribution in [0.2, 0.25) is 5.82 Å². The van der Waals surface area contributed by atoms with Crippen LogP contribution < -0.4 is 19.7 Å². The van der Waals surface area contributed by atoms with Gasteiger partial charge in [-0.05, 0) is 0 Å². The number of rotatable bonds is 5. The van der Waals surface area contributed by atoms with Crippen LogP contribution >= 0.6 is 0 Å². The molecule has 0 atom stereocenters. The Bertz CT molecular complexity index is 329. The Morgan fingerprint density at radius 1 is 1.20 bits per heavy atom. The summed E-state index contributed by atoms with van der Waals surface area (Å²) in [4.78, 5) is 0. The van der Waals surface area contributed by atoms with Crippen molar-refractivity contribution in [3.05, 3.63) is 17.7 Å². The fraction of sp³-hybridized carbons (Fsp3) is 0.455. The van der Waals surface area contributed by atoms with Gasteiger partial charge in [0.05, 0.1) is 0 Å². The maximum atomic E-state index is 5.55. The molecule has 0 aromatic heterocycles. The van der Waals surface area contributed by atoms with Crippen LogP contribution in [0.15, 0.2) is 12.1 Å². The molecule has 1 aromatic rings. The molecule has 0 saturated carbocycles. The summed E-state index contributed by atoms with van der Waals surface area (Å²) < 4.78 is 11.9. The first-order valence-electron chi connectivity index (χ1n) is 4.75. The van der Waals surface area contributed by atoms with Gasteiger partial charge >= 0.3 is 96.8 Å². The van der Waals surface area contributed by atoms with Gasteiger partial charge in [0.1, 0.15) is 0 Å². The van der Waals surface area contributed by atoms with Crippen molar-refractivity contribution in [2.75, 3.05) is 20.8 Å². The molecule has 0 bridgehead atoms. The minimum atomic E-state index is 0.403. The molecule has 0 saturated heterocycles. The number of methoxy groups -OCH3 is 2. The van der Waals surface area contributed by atoms with E-state index in [0.29, 0.717) is 21.5 Å². The molecular weight excluding hydrogens is 257 g/mol. The van der Waals surface area contributed by atoms with Gasteiger partial charge < -0.3 is 0 Å². The maximum absolute atomic E-state index is 5.55. The third-order valence-corrected chi connectivity index (χ3v) is 3.79. The van der Waals surface area contributed by atoms with Crippen LogP contribution in [0, 0.1) is 0 Å². The third-order valence-electron chi connectivity index (χ3n) is 2.20. The molecule has 0 fully saturated rings. The molecule has 0 heterocycles. The van der Waals surface area contributed by atoms with E-state index in [0.717, 1.165) is 23.5 Å². The zero-order valence-electron chi connectivity index (χ0n) is 9.37. The molecule has 2 N–H and O–H groups in total. The van der Waals surface area contributed by atoms with Crippen LogP contribution in [-0.4, -0.2) is 35.7 Å². The normalized spacial score (nSPS) is 10.1. The molecule has 0 aliphatic carbocycles. The van der Waals surface area contributed by atoms with Crippen molar-refractivity contribution in [3.8, 4) is 11.5 Å². The van der Waals surface area contributed by atoms with Crippen molar-refractivity contribution in [2.45, 2.75) is 12.2 Å². The molecule has 15 heavy (non-hydrogen) atoms. The fourth-order valence-electron chi connectivity index (χ4n) is 1.44. The summed E-state index contributed by atoms with van der Waals surface area (Å²) in [7, 11) is 3.39. The van der Waals surface area contributed by atoms with Crippen LogP contribution in [0.5, 0.6) is 11.5 Å². The molecule has 0 spiro atoms. The van der Waals surface area contributed by atoms with Gasteiger partial charge in [-0.2, -0.15) is 0 Å². The van der Waals surface area contributed by atoms with Crippen LogP contribution in [0.4, 0.5) is 0 Å². The Morgan fingerprint density at radius 2 is 1.87 bits per heavy atom. The molecular formula is C11H17NO2Se. The van der Waals surface area contributed by atoms with Gasteiger partial charge in [0, 0.05) is 0 Å². The first-order valence-corrected chi connectivity index (χ1v) is 7.32. The predicted molar refractivity (Wildman–Crippen MR) is 63.6 cm³/mol. The first-order chi connectivity index (χ1) is 7.26. The summed E-state index contributed by atoms with van der Waals surface area (Å²) >= 11 is 0.403. The van der Waals surface area contributed by atoms with Crippen molar-refractivity contribution < 1.29 is 9.47 Å².